The minimum atomic E-state index is -0.474. The molecule has 1 atom stereocenters. The molecule has 3 rings (SSSR count). The third-order valence-electron chi connectivity index (χ3n) is 3.55. The fourth-order valence-corrected chi connectivity index (χ4v) is 3.03. The summed E-state index contributed by atoms with van der Waals surface area (Å²) in [7, 11) is 0. The van der Waals surface area contributed by atoms with Gasteiger partial charge in [0, 0.05) is 29.4 Å². The highest BCUT2D eigenvalue weighted by Crippen LogP contribution is 2.34. The number of benzene rings is 1. The van der Waals surface area contributed by atoms with E-state index < -0.39 is 11.6 Å². The Morgan fingerprint density at radius 1 is 1.33 bits per heavy atom. The second-order valence-corrected chi connectivity index (χ2v) is 5.04. The SMILES string of the molecule is Cc1[nH]c(=S)n2c1C[C@@H](c1c(F)cccc1F)C2. The Morgan fingerprint density at radius 2 is 2.00 bits per heavy atom. The lowest BCUT2D eigenvalue weighted by atomic mass is 9.95. The summed E-state index contributed by atoms with van der Waals surface area (Å²) in [6, 6.07) is 4.00. The summed E-state index contributed by atoms with van der Waals surface area (Å²) < 4.78 is 30.1. The molecule has 94 valence electrons. The number of hydrogen-bond acceptors (Lipinski definition) is 1. The van der Waals surface area contributed by atoms with E-state index in [0.29, 0.717) is 17.7 Å². The second-order valence-electron chi connectivity index (χ2n) is 4.65. The van der Waals surface area contributed by atoms with Crippen molar-refractivity contribution in [1.29, 1.82) is 0 Å². The molecule has 1 aromatic carbocycles. The molecule has 0 saturated heterocycles. The van der Waals surface area contributed by atoms with Gasteiger partial charge in [-0.25, -0.2) is 8.78 Å². The maximum Gasteiger partial charge on any atom is 0.177 e. The van der Waals surface area contributed by atoms with E-state index in [1.165, 1.54) is 18.2 Å². The van der Waals surface area contributed by atoms with Crippen molar-refractivity contribution >= 4 is 12.2 Å². The fraction of sp³-hybridized carbons (Fsp3) is 0.308. The van der Waals surface area contributed by atoms with Gasteiger partial charge in [0.1, 0.15) is 11.6 Å². The lowest BCUT2D eigenvalue weighted by Gasteiger charge is -2.11. The predicted molar refractivity (Wildman–Crippen MR) is 67.2 cm³/mol. The summed E-state index contributed by atoms with van der Waals surface area (Å²) in [6.07, 6.45) is 0.622. The molecule has 18 heavy (non-hydrogen) atoms. The van der Waals surface area contributed by atoms with E-state index >= 15 is 0 Å². The molecule has 0 saturated carbocycles. The van der Waals surface area contributed by atoms with E-state index in [-0.39, 0.29) is 11.5 Å². The highest BCUT2D eigenvalue weighted by molar-refractivity contribution is 7.71. The molecule has 0 unspecified atom stereocenters. The van der Waals surface area contributed by atoms with Gasteiger partial charge in [0.05, 0.1) is 0 Å². The maximum atomic E-state index is 13.7. The summed E-state index contributed by atoms with van der Waals surface area (Å²) in [5, 5.41) is 0. The van der Waals surface area contributed by atoms with E-state index in [1.54, 1.807) is 0 Å². The molecule has 0 radical (unpaired) electrons. The molecule has 2 heterocycles. The van der Waals surface area contributed by atoms with Gasteiger partial charge in [-0.1, -0.05) is 6.07 Å². The van der Waals surface area contributed by atoms with Crippen molar-refractivity contribution in [3.63, 3.8) is 0 Å². The topological polar surface area (TPSA) is 20.7 Å². The summed E-state index contributed by atoms with van der Waals surface area (Å²) in [6.45, 7) is 2.47. The molecule has 0 fully saturated rings. The first-order chi connectivity index (χ1) is 8.58. The van der Waals surface area contributed by atoms with Crippen molar-refractivity contribution in [3.05, 3.63) is 51.6 Å². The number of rotatable bonds is 1. The first kappa shape index (κ1) is 11.6. The van der Waals surface area contributed by atoms with Crippen LogP contribution in [0.5, 0.6) is 0 Å². The number of aromatic amines is 1. The molecule has 1 aliphatic rings. The Balaban J connectivity index is 2.04. The maximum absolute atomic E-state index is 13.7. The number of imidazole rings is 1. The zero-order valence-electron chi connectivity index (χ0n) is 9.84. The molecule has 0 aliphatic carbocycles. The number of aromatic nitrogens is 2. The molecule has 5 heteroatoms. The van der Waals surface area contributed by atoms with Crippen LogP contribution in [0.15, 0.2) is 18.2 Å². The highest BCUT2D eigenvalue weighted by Gasteiger charge is 2.29. The van der Waals surface area contributed by atoms with Gasteiger partial charge in [-0.15, -0.1) is 0 Å². The zero-order chi connectivity index (χ0) is 12.9. The molecular weight excluding hydrogens is 254 g/mol. The number of fused-ring (bicyclic) bond motifs is 1. The van der Waals surface area contributed by atoms with Crippen LogP contribution in [0.4, 0.5) is 8.78 Å². The smallest absolute Gasteiger partial charge is 0.177 e. The lowest BCUT2D eigenvalue weighted by molar-refractivity contribution is 0.512. The average molecular weight is 266 g/mol. The van der Waals surface area contributed by atoms with Crippen molar-refractivity contribution in [2.45, 2.75) is 25.8 Å². The van der Waals surface area contributed by atoms with Crippen LogP contribution in [-0.2, 0) is 13.0 Å². The van der Waals surface area contributed by atoms with Crippen molar-refractivity contribution < 1.29 is 8.78 Å². The molecule has 1 aromatic heterocycles. The van der Waals surface area contributed by atoms with Gasteiger partial charge in [0.2, 0.25) is 0 Å². The number of H-pyrrole nitrogens is 1. The van der Waals surface area contributed by atoms with Crippen LogP contribution in [0, 0.1) is 23.3 Å². The molecule has 1 aliphatic heterocycles. The van der Waals surface area contributed by atoms with Crippen LogP contribution in [-0.4, -0.2) is 9.55 Å². The number of nitrogens with one attached hydrogen (secondary N) is 1. The monoisotopic (exact) mass is 266 g/mol. The summed E-state index contributed by atoms with van der Waals surface area (Å²) in [4.78, 5) is 3.07. The van der Waals surface area contributed by atoms with Gasteiger partial charge < -0.3 is 9.55 Å². The van der Waals surface area contributed by atoms with Crippen LogP contribution in [0.2, 0.25) is 0 Å². The minimum absolute atomic E-state index is 0.170. The van der Waals surface area contributed by atoms with Crippen molar-refractivity contribution in [1.82, 2.24) is 9.55 Å². The van der Waals surface area contributed by atoms with Gasteiger partial charge in [-0.3, -0.25) is 0 Å². The summed E-state index contributed by atoms with van der Waals surface area (Å²) in [5.41, 5.74) is 2.21. The van der Waals surface area contributed by atoms with Gasteiger partial charge in [0.15, 0.2) is 4.77 Å². The number of aryl methyl sites for hydroxylation is 1. The van der Waals surface area contributed by atoms with E-state index in [4.69, 9.17) is 12.2 Å². The Morgan fingerprint density at radius 3 is 2.61 bits per heavy atom. The van der Waals surface area contributed by atoms with Crippen LogP contribution in [0.1, 0.15) is 22.9 Å². The second kappa shape index (κ2) is 4.02. The van der Waals surface area contributed by atoms with Crippen LogP contribution >= 0.6 is 12.2 Å². The summed E-state index contributed by atoms with van der Waals surface area (Å²) in [5.74, 6) is -1.12. The molecular formula is C13H12F2N2S. The van der Waals surface area contributed by atoms with Crippen molar-refractivity contribution in [2.75, 3.05) is 0 Å². The number of halogens is 2. The quantitative estimate of drug-likeness (QED) is 0.784. The molecule has 2 nitrogen and oxygen atoms in total. The molecule has 0 spiro atoms. The van der Waals surface area contributed by atoms with Gasteiger partial charge in [0.25, 0.3) is 0 Å². The average Bonchev–Trinajstić information content (AvgIpc) is 2.82. The molecule has 0 amide bonds. The Hall–Kier alpha value is -1.49. The van der Waals surface area contributed by atoms with Crippen LogP contribution in [0.3, 0.4) is 0 Å². The normalized spacial score (nSPS) is 18.1. The van der Waals surface area contributed by atoms with E-state index in [9.17, 15) is 8.78 Å². The van der Waals surface area contributed by atoms with Gasteiger partial charge in [-0.2, -0.15) is 0 Å². The van der Waals surface area contributed by atoms with E-state index in [0.717, 1.165) is 11.4 Å². The first-order valence-electron chi connectivity index (χ1n) is 5.80. The van der Waals surface area contributed by atoms with Crippen molar-refractivity contribution in [2.24, 2.45) is 0 Å². The van der Waals surface area contributed by atoms with Crippen LogP contribution in [0.25, 0.3) is 0 Å². The number of hydrogen-bond donors (Lipinski definition) is 1. The predicted octanol–water partition coefficient (Wildman–Crippen LogP) is 3.47. The zero-order valence-corrected chi connectivity index (χ0v) is 10.7. The fourth-order valence-electron chi connectivity index (χ4n) is 2.69. The minimum Gasteiger partial charge on any atom is -0.335 e. The molecule has 0 bridgehead atoms. The summed E-state index contributed by atoms with van der Waals surface area (Å²) >= 11 is 5.19. The Kier molecular flexibility index (Phi) is 2.59. The van der Waals surface area contributed by atoms with Crippen LogP contribution < -0.4 is 0 Å². The van der Waals surface area contributed by atoms with Gasteiger partial charge in [-0.05, 0) is 37.7 Å². The highest BCUT2D eigenvalue weighted by atomic mass is 32.1. The van der Waals surface area contributed by atoms with E-state index in [1.807, 2.05) is 11.5 Å². The molecule has 1 N–H and O–H groups in total. The molecule has 2 aromatic rings. The Bertz CT molecular complexity index is 652. The standard InChI is InChI=1S/C13H12F2N2S/c1-7-11-5-8(6-17(11)13(18)16-7)12-9(14)3-2-4-10(12)15/h2-4,8H,5-6H2,1H3,(H,16,18)/t8-/m1/s1. The number of nitrogens with zero attached hydrogens (tertiary/aromatic N) is 1. The third kappa shape index (κ3) is 1.61. The lowest BCUT2D eigenvalue weighted by Crippen LogP contribution is -2.07. The first-order valence-corrected chi connectivity index (χ1v) is 6.21. The van der Waals surface area contributed by atoms with Gasteiger partial charge >= 0.3 is 0 Å². The van der Waals surface area contributed by atoms with Crippen molar-refractivity contribution in [3.8, 4) is 0 Å². The van der Waals surface area contributed by atoms with E-state index in [2.05, 4.69) is 4.98 Å². The third-order valence-corrected chi connectivity index (χ3v) is 3.87. The largest absolute Gasteiger partial charge is 0.335 e. The Labute approximate surface area is 108 Å².